The highest BCUT2D eigenvalue weighted by atomic mass is 16.6. The fourth-order valence-electron chi connectivity index (χ4n) is 3.70. The minimum atomic E-state index is -0.331. The molecule has 4 rings (SSSR count). The second-order valence-corrected chi connectivity index (χ2v) is 6.53. The number of hydrogen-bond acceptors (Lipinski definition) is 4. The van der Waals surface area contributed by atoms with E-state index in [9.17, 15) is 10.1 Å². The van der Waals surface area contributed by atoms with E-state index in [-0.39, 0.29) is 16.7 Å². The summed E-state index contributed by atoms with van der Waals surface area (Å²) in [6.45, 7) is 2.57. The van der Waals surface area contributed by atoms with Crippen LogP contribution in [-0.4, -0.2) is 25.9 Å². The van der Waals surface area contributed by atoms with Crippen LogP contribution in [0.1, 0.15) is 29.4 Å². The zero-order chi connectivity index (χ0) is 17.9. The van der Waals surface area contributed by atoms with Gasteiger partial charge in [0.15, 0.2) is 0 Å². The Balaban J connectivity index is 1.77. The molecule has 0 aliphatic carbocycles. The summed E-state index contributed by atoms with van der Waals surface area (Å²) in [6.07, 6.45) is 4.92. The monoisotopic (exact) mass is 348 g/mol. The lowest BCUT2D eigenvalue weighted by atomic mass is 10.0. The predicted octanol–water partition coefficient (Wildman–Crippen LogP) is 3.79. The molecule has 6 heteroatoms. The molecule has 0 fully saturated rings. The number of nitro groups is 1. The largest absolute Gasteiger partial charge is 0.350 e. The highest BCUT2D eigenvalue weighted by Crippen LogP contribution is 2.34. The second-order valence-electron chi connectivity index (χ2n) is 6.53. The molecule has 0 radical (unpaired) electrons. The van der Waals surface area contributed by atoms with Crippen LogP contribution in [0.5, 0.6) is 0 Å². The van der Waals surface area contributed by atoms with Crippen LogP contribution in [-0.2, 0) is 13.1 Å². The van der Waals surface area contributed by atoms with Crippen molar-refractivity contribution in [2.45, 2.75) is 25.6 Å². The molecule has 0 saturated heterocycles. The van der Waals surface area contributed by atoms with Crippen molar-refractivity contribution >= 4 is 5.69 Å². The Bertz CT molecular complexity index is 907. The van der Waals surface area contributed by atoms with Crippen molar-refractivity contribution in [1.82, 2.24) is 14.5 Å². The molecule has 1 unspecified atom stereocenters. The van der Waals surface area contributed by atoms with Gasteiger partial charge in [-0.2, -0.15) is 0 Å². The van der Waals surface area contributed by atoms with Gasteiger partial charge in [-0.15, -0.1) is 0 Å². The molecule has 26 heavy (non-hydrogen) atoms. The number of aromatic nitrogens is 2. The molecule has 1 aliphatic heterocycles. The molecule has 132 valence electrons. The maximum Gasteiger partial charge on any atom is 0.269 e. The van der Waals surface area contributed by atoms with Crippen LogP contribution in [0.3, 0.4) is 0 Å². The molecule has 2 aromatic heterocycles. The summed E-state index contributed by atoms with van der Waals surface area (Å²) >= 11 is 0. The molecule has 3 heterocycles. The highest BCUT2D eigenvalue weighted by Gasteiger charge is 2.28. The summed E-state index contributed by atoms with van der Waals surface area (Å²) in [5.74, 6) is 0. The van der Waals surface area contributed by atoms with Crippen molar-refractivity contribution in [3.05, 3.63) is 94.1 Å². The van der Waals surface area contributed by atoms with E-state index in [0.717, 1.165) is 30.8 Å². The lowest BCUT2D eigenvalue weighted by Gasteiger charge is -2.30. The first-order valence-corrected chi connectivity index (χ1v) is 8.76. The average molecular weight is 348 g/mol. The molecule has 1 atom stereocenters. The van der Waals surface area contributed by atoms with E-state index in [2.05, 4.69) is 26.7 Å². The fourth-order valence-corrected chi connectivity index (χ4v) is 3.70. The normalized spacial score (nSPS) is 17.5. The molecule has 1 aliphatic rings. The summed E-state index contributed by atoms with van der Waals surface area (Å²) in [6, 6.07) is 17.0. The van der Waals surface area contributed by atoms with E-state index in [1.165, 1.54) is 5.69 Å². The molecule has 0 saturated carbocycles. The number of nitro benzene ring substituents is 1. The average Bonchev–Trinajstić information content (AvgIpc) is 3.04. The van der Waals surface area contributed by atoms with Crippen LogP contribution >= 0.6 is 0 Å². The van der Waals surface area contributed by atoms with Gasteiger partial charge in [-0.1, -0.05) is 18.2 Å². The molecule has 3 aromatic rings. The number of non-ortho nitro benzene ring substituents is 1. The van der Waals surface area contributed by atoms with E-state index in [4.69, 9.17) is 0 Å². The minimum Gasteiger partial charge on any atom is -0.350 e. The SMILES string of the molecule is O=[N+]([O-])c1cccc(C2c3cccn3CCCN2Cc2ccccn2)c1. The Morgan fingerprint density at radius 3 is 2.85 bits per heavy atom. The van der Waals surface area contributed by atoms with Gasteiger partial charge in [-0.3, -0.25) is 20.0 Å². The molecule has 6 nitrogen and oxygen atoms in total. The Hall–Kier alpha value is -2.99. The van der Waals surface area contributed by atoms with Crippen LogP contribution < -0.4 is 0 Å². The number of benzene rings is 1. The highest BCUT2D eigenvalue weighted by molar-refractivity contribution is 5.39. The van der Waals surface area contributed by atoms with E-state index in [0.29, 0.717) is 6.54 Å². The number of rotatable bonds is 4. The Labute approximate surface area is 151 Å². The van der Waals surface area contributed by atoms with E-state index in [1.807, 2.05) is 30.3 Å². The quantitative estimate of drug-likeness (QED) is 0.531. The second kappa shape index (κ2) is 7.09. The van der Waals surface area contributed by atoms with Crippen LogP contribution in [0.25, 0.3) is 0 Å². The Morgan fingerprint density at radius 1 is 1.12 bits per heavy atom. The Kier molecular flexibility index (Phi) is 4.50. The summed E-state index contributed by atoms with van der Waals surface area (Å²) in [4.78, 5) is 17.7. The van der Waals surface area contributed by atoms with Crippen LogP contribution in [0.4, 0.5) is 5.69 Å². The molecule has 0 amide bonds. The molecule has 1 aromatic carbocycles. The van der Waals surface area contributed by atoms with E-state index < -0.39 is 0 Å². The summed E-state index contributed by atoms with van der Waals surface area (Å²) in [5, 5.41) is 11.2. The van der Waals surface area contributed by atoms with Gasteiger partial charge in [0.05, 0.1) is 16.7 Å². The summed E-state index contributed by atoms with van der Waals surface area (Å²) in [5.41, 5.74) is 3.24. The van der Waals surface area contributed by atoms with Crippen molar-refractivity contribution in [1.29, 1.82) is 0 Å². The van der Waals surface area contributed by atoms with Gasteiger partial charge < -0.3 is 4.57 Å². The predicted molar refractivity (Wildman–Crippen MR) is 98.6 cm³/mol. The molecule has 0 bridgehead atoms. The zero-order valence-corrected chi connectivity index (χ0v) is 14.4. The third-order valence-electron chi connectivity index (χ3n) is 4.84. The van der Waals surface area contributed by atoms with Gasteiger partial charge in [0, 0.05) is 49.9 Å². The van der Waals surface area contributed by atoms with Gasteiger partial charge in [0.25, 0.3) is 5.69 Å². The van der Waals surface area contributed by atoms with Gasteiger partial charge in [-0.05, 0) is 36.2 Å². The number of fused-ring (bicyclic) bond motifs is 1. The molecule has 0 N–H and O–H groups in total. The first kappa shape index (κ1) is 16.5. The lowest BCUT2D eigenvalue weighted by molar-refractivity contribution is -0.384. The van der Waals surface area contributed by atoms with Crippen molar-refractivity contribution < 1.29 is 4.92 Å². The number of hydrogen-bond donors (Lipinski definition) is 0. The number of aryl methyl sites for hydroxylation is 1. The standard InChI is InChI=1S/C20H20N4O2/c25-24(26)18-8-3-6-16(14-18)20-19-9-4-11-22(19)12-5-13-23(20)15-17-7-1-2-10-21-17/h1-4,6-11,14,20H,5,12-13,15H2. The van der Waals surface area contributed by atoms with Crippen LogP contribution in [0, 0.1) is 10.1 Å². The summed E-state index contributed by atoms with van der Waals surface area (Å²) < 4.78 is 2.25. The number of nitrogens with zero attached hydrogens (tertiary/aromatic N) is 4. The van der Waals surface area contributed by atoms with Gasteiger partial charge >= 0.3 is 0 Å². The number of pyridine rings is 1. The van der Waals surface area contributed by atoms with E-state index in [1.54, 1.807) is 24.4 Å². The first-order valence-electron chi connectivity index (χ1n) is 8.76. The van der Waals surface area contributed by atoms with Crippen molar-refractivity contribution in [3.8, 4) is 0 Å². The summed E-state index contributed by atoms with van der Waals surface area (Å²) in [7, 11) is 0. The molecular formula is C20H20N4O2. The third-order valence-corrected chi connectivity index (χ3v) is 4.84. The first-order chi connectivity index (χ1) is 12.7. The maximum absolute atomic E-state index is 11.2. The zero-order valence-electron chi connectivity index (χ0n) is 14.4. The van der Waals surface area contributed by atoms with Gasteiger partial charge in [-0.25, -0.2) is 0 Å². The maximum atomic E-state index is 11.2. The van der Waals surface area contributed by atoms with Crippen LogP contribution in [0.2, 0.25) is 0 Å². The minimum absolute atomic E-state index is 0.0330. The topological polar surface area (TPSA) is 64.2 Å². The third kappa shape index (κ3) is 3.23. The smallest absolute Gasteiger partial charge is 0.269 e. The fraction of sp³-hybridized carbons (Fsp3) is 0.250. The van der Waals surface area contributed by atoms with E-state index >= 15 is 0 Å². The lowest BCUT2D eigenvalue weighted by Crippen LogP contribution is -2.29. The van der Waals surface area contributed by atoms with Crippen molar-refractivity contribution in [3.63, 3.8) is 0 Å². The van der Waals surface area contributed by atoms with Gasteiger partial charge in [0.1, 0.15) is 0 Å². The molecular weight excluding hydrogens is 328 g/mol. The molecule has 0 spiro atoms. The van der Waals surface area contributed by atoms with Crippen molar-refractivity contribution in [2.75, 3.05) is 6.54 Å². The van der Waals surface area contributed by atoms with Gasteiger partial charge in [0.2, 0.25) is 0 Å². The van der Waals surface area contributed by atoms with Crippen LogP contribution in [0.15, 0.2) is 67.0 Å². The Morgan fingerprint density at radius 2 is 2.04 bits per heavy atom. The van der Waals surface area contributed by atoms with Crippen molar-refractivity contribution in [2.24, 2.45) is 0 Å².